The van der Waals surface area contributed by atoms with E-state index in [-0.39, 0.29) is 24.6 Å². The minimum atomic E-state index is -0.942. The third-order valence-corrected chi connectivity index (χ3v) is 5.02. The predicted octanol–water partition coefficient (Wildman–Crippen LogP) is 2.35. The highest BCUT2D eigenvalue weighted by molar-refractivity contribution is 7.11. The molecule has 0 spiro atoms. The molecular weight excluding hydrogens is 300 g/mol. The van der Waals surface area contributed by atoms with Crippen molar-refractivity contribution < 1.29 is 14.3 Å². The molecule has 1 N–H and O–H groups in total. The fourth-order valence-corrected chi connectivity index (χ4v) is 3.21. The number of nitrogens with zero attached hydrogens (tertiary/aromatic N) is 1. The van der Waals surface area contributed by atoms with Crippen LogP contribution >= 0.6 is 11.3 Å². The second-order valence-corrected chi connectivity index (χ2v) is 7.17. The molecule has 0 aromatic carbocycles. The molecule has 0 radical (unpaired) electrons. The van der Waals surface area contributed by atoms with Gasteiger partial charge < -0.3 is 10.1 Å². The highest BCUT2D eigenvalue weighted by Crippen LogP contribution is 2.33. The molecule has 1 aliphatic carbocycles. The molecule has 1 aliphatic heterocycles. The van der Waals surface area contributed by atoms with Crippen molar-refractivity contribution in [3.8, 4) is 0 Å². The standard InChI is InChI=1S/C16H20N2O3S/c1-10-13(12-5-4-8-22-12)14(19)18(9-21-10)16(2,3)15(20)17-11-6-7-11/h4-5,8,11H,6-7,9H2,1-3H3,(H,17,20). The van der Waals surface area contributed by atoms with Crippen LogP contribution in [0.3, 0.4) is 0 Å². The Labute approximate surface area is 133 Å². The van der Waals surface area contributed by atoms with Crippen molar-refractivity contribution in [2.75, 3.05) is 6.73 Å². The van der Waals surface area contributed by atoms with Gasteiger partial charge >= 0.3 is 0 Å². The van der Waals surface area contributed by atoms with Crippen LogP contribution in [-0.4, -0.2) is 35.0 Å². The van der Waals surface area contributed by atoms with E-state index in [9.17, 15) is 9.59 Å². The van der Waals surface area contributed by atoms with Crippen LogP contribution in [0, 0.1) is 0 Å². The summed E-state index contributed by atoms with van der Waals surface area (Å²) in [7, 11) is 0. The number of rotatable bonds is 4. The van der Waals surface area contributed by atoms with Crippen LogP contribution in [0.1, 0.15) is 38.5 Å². The first kappa shape index (κ1) is 15.1. The molecule has 1 fully saturated rings. The van der Waals surface area contributed by atoms with Crippen LogP contribution in [0.25, 0.3) is 5.57 Å². The second-order valence-electron chi connectivity index (χ2n) is 6.22. The average molecular weight is 320 g/mol. The Hall–Kier alpha value is -1.82. The molecule has 0 unspecified atom stereocenters. The van der Waals surface area contributed by atoms with Crippen LogP contribution in [0.15, 0.2) is 23.3 Å². The Morgan fingerprint density at radius 3 is 2.77 bits per heavy atom. The highest BCUT2D eigenvalue weighted by atomic mass is 32.1. The van der Waals surface area contributed by atoms with Crippen LogP contribution in [0.2, 0.25) is 0 Å². The van der Waals surface area contributed by atoms with Crippen molar-refractivity contribution in [1.82, 2.24) is 10.2 Å². The van der Waals surface area contributed by atoms with Gasteiger partial charge in [-0.25, -0.2) is 0 Å². The Bertz CT molecular complexity index is 630. The number of carbonyl (C=O) groups excluding carboxylic acids is 2. The number of ether oxygens (including phenoxy) is 1. The van der Waals surface area contributed by atoms with E-state index in [1.54, 1.807) is 20.8 Å². The smallest absolute Gasteiger partial charge is 0.262 e. The van der Waals surface area contributed by atoms with Gasteiger partial charge in [-0.05, 0) is 45.1 Å². The molecule has 3 rings (SSSR count). The third kappa shape index (κ3) is 2.63. The first-order chi connectivity index (χ1) is 10.4. The van der Waals surface area contributed by atoms with Gasteiger partial charge in [0.25, 0.3) is 5.91 Å². The average Bonchev–Trinajstić information content (AvgIpc) is 3.11. The summed E-state index contributed by atoms with van der Waals surface area (Å²) in [6.45, 7) is 5.42. The van der Waals surface area contributed by atoms with E-state index < -0.39 is 5.54 Å². The number of thiophene rings is 1. The van der Waals surface area contributed by atoms with Gasteiger partial charge in [0.2, 0.25) is 5.91 Å². The molecule has 2 amide bonds. The Morgan fingerprint density at radius 1 is 1.45 bits per heavy atom. The van der Waals surface area contributed by atoms with Crippen molar-refractivity contribution in [1.29, 1.82) is 0 Å². The maximum absolute atomic E-state index is 12.9. The highest BCUT2D eigenvalue weighted by Gasteiger charge is 2.43. The Morgan fingerprint density at radius 2 is 2.18 bits per heavy atom. The molecule has 118 valence electrons. The number of nitrogens with one attached hydrogen (secondary N) is 1. The van der Waals surface area contributed by atoms with Crippen molar-refractivity contribution >= 4 is 28.7 Å². The topological polar surface area (TPSA) is 58.6 Å². The van der Waals surface area contributed by atoms with Gasteiger partial charge in [0.15, 0.2) is 6.73 Å². The van der Waals surface area contributed by atoms with E-state index in [4.69, 9.17) is 4.74 Å². The fourth-order valence-electron chi connectivity index (χ4n) is 2.40. The lowest BCUT2D eigenvalue weighted by Gasteiger charge is -2.40. The van der Waals surface area contributed by atoms with Gasteiger partial charge in [-0.2, -0.15) is 0 Å². The van der Waals surface area contributed by atoms with E-state index in [1.807, 2.05) is 17.5 Å². The monoisotopic (exact) mass is 320 g/mol. The zero-order valence-electron chi connectivity index (χ0n) is 13.0. The summed E-state index contributed by atoms with van der Waals surface area (Å²) in [5.41, 5.74) is -0.392. The molecule has 5 nitrogen and oxygen atoms in total. The molecule has 0 bridgehead atoms. The number of hydrogen-bond donors (Lipinski definition) is 1. The van der Waals surface area contributed by atoms with Gasteiger partial charge in [0.1, 0.15) is 11.3 Å². The zero-order chi connectivity index (χ0) is 15.9. The summed E-state index contributed by atoms with van der Waals surface area (Å²) < 4.78 is 5.67. The second kappa shape index (κ2) is 5.43. The lowest BCUT2D eigenvalue weighted by atomic mass is 9.99. The molecule has 0 saturated heterocycles. The van der Waals surface area contributed by atoms with Crippen molar-refractivity contribution in [2.45, 2.75) is 45.2 Å². The summed E-state index contributed by atoms with van der Waals surface area (Å²) in [4.78, 5) is 27.7. The Balaban J connectivity index is 1.86. The maximum atomic E-state index is 12.9. The first-order valence-electron chi connectivity index (χ1n) is 7.41. The van der Waals surface area contributed by atoms with Crippen LogP contribution < -0.4 is 5.32 Å². The molecule has 0 atom stereocenters. The van der Waals surface area contributed by atoms with Gasteiger partial charge in [0.05, 0.1) is 5.57 Å². The summed E-state index contributed by atoms with van der Waals surface area (Å²) >= 11 is 1.49. The minimum Gasteiger partial charge on any atom is -0.477 e. The number of hydrogen-bond acceptors (Lipinski definition) is 4. The fraction of sp³-hybridized carbons (Fsp3) is 0.500. The maximum Gasteiger partial charge on any atom is 0.262 e. The molecule has 1 saturated carbocycles. The number of amides is 2. The van der Waals surface area contributed by atoms with Crippen LogP contribution in [0.5, 0.6) is 0 Å². The SMILES string of the molecule is CC1=C(c2cccs2)C(=O)N(C(C)(C)C(=O)NC2CC2)CO1. The molecule has 6 heteroatoms. The Kier molecular flexibility index (Phi) is 3.72. The summed E-state index contributed by atoms with van der Waals surface area (Å²) in [5.74, 6) is 0.335. The summed E-state index contributed by atoms with van der Waals surface area (Å²) in [6, 6.07) is 4.06. The van der Waals surface area contributed by atoms with E-state index in [2.05, 4.69) is 5.32 Å². The molecular formula is C16H20N2O3S. The summed E-state index contributed by atoms with van der Waals surface area (Å²) in [6.07, 6.45) is 2.04. The normalized spacial score (nSPS) is 19.2. The predicted molar refractivity (Wildman–Crippen MR) is 85.0 cm³/mol. The van der Waals surface area contributed by atoms with Gasteiger partial charge in [-0.1, -0.05) is 6.07 Å². The lowest BCUT2D eigenvalue weighted by molar-refractivity contribution is -0.149. The van der Waals surface area contributed by atoms with Crippen molar-refractivity contribution in [3.63, 3.8) is 0 Å². The molecule has 2 heterocycles. The largest absolute Gasteiger partial charge is 0.477 e. The third-order valence-electron chi connectivity index (χ3n) is 4.13. The first-order valence-corrected chi connectivity index (χ1v) is 8.29. The lowest BCUT2D eigenvalue weighted by Crippen LogP contribution is -2.59. The van der Waals surface area contributed by atoms with Crippen molar-refractivity contribution in [2.24, 2.45) is 0 Å². The quantitative estimate of drug-likeness (QED) is 0.926. The number of allylic oxidation sites excluding steroid dienone is 1. The van der Waals surface area contributed by atoms with Crippen molar-refractivity contribution in [3.05, 3.63) is 28.1 Å². The van der Waals surface area contributed by atoms with Gasteiger partial charge in [-0.3, -0.25) is 14.5 Å². The molecule has 1 aromatic rings. The van der Waals surface area contributed by atoms with E-state index >= 15 is 0 Å². The van der Waals surface area contributed by atoms with Gasteiger partial charge in [0, 0.05) is 10.9 Å². The van der Waals surface area contributed by atoms with E-state index in [1.165, 1.54) is 16.2 Å². The molecule has 2 aliphatic rings. The molecule has 1 aromatic heterocycles. The minimum absolute atomic E-state index is 0.102. The van der Waals surface area contributed by atoms with E-state index in [0.29, 0.717) is 11.3 Å². The summed E-state index contributed by atoms with van der Waals surface area (Å²) in [5, 5.41) is 4.89. The van der Waals surface area contributed by atoms with Crippen LogP contribution in [-0.2, 0) is 14.3 Å². The zero-order valence-corrected chi connectivity index (χ0v) is 13.8. The van der Waals surface area contributed by atoms with E-state index in [0.717, 1.165) is 17.7 Å². The molecule has 22 heavy (non-hydrogen) atoms. The number of carbonyl (C=O) groups is 2. The van der Waals surface area contributed by atoms with Gasteiger partial charge in [-0.15, -0.1) is 11.3 Å². The van der Waals surface area contributed by atoms with Crippen LogP contribution in [0.4, 0.5) is 0 Å².